The summed E-state index contributed by atoms with van der Waals surface area (Å²) >= 11 is 5.96. The lowest BCUT2D eigenvalue weighted by molar-refractivity contribution is -0.892. The zero-order valence-electron chi connectivity index (χ0n) is 15.3. The molecule has 2 aromatic carbocycles. The summed E-state index contributed by atoms with van der Waals surface area (Å²) in [4.78, 5) is 15.8. The summed E-state index contributed by atoms with van der Waals surface area (Å²) in [5.41, 5.74) is 1.53. The first-order chi connectivity index (χ1) is 13.1. The highest BCUT2D eigenvalue weighted by Gasteiger charge is 2.24. The van der Waals surface area contributed by atoms with Gasteiger partial charge in [0, 0.05) is 0 Å². The van der Waals surface area contributed by atoms with Crippen molar-refractivity contribution in [1.82, 2.24) is 0 Å². The molecule has 1 heterocycles. The average Bonchev–Trinajstić information content (AvgIpc) is 2.65. The number of amides is 1. The van der Waals surface area contributed by atoms with E-state index in [4.69, 9.17) is 16.3 Å². The second-order valence-corrected chi connectivity index (χ2v) is 6.89. The van der Waals surface area contributed by atoms with Crippen LogP contribution in [0.15, 0.2) is 42.5 Å². The van der Waals surface area contributed by atoms with Crippen molar-refractivity contribution in [3.8, 4) is 5.75 Å². The summed E-state index contributed by atoms with van der Waals surface area (Å²) in [5, 5.41) is 2.97. The van der Waals surface area contributed by atoms with Gasteiger partial charge < -0.3 is 19.9 Å². The van der Waals surface area contributed by atoms with Crippen LogP contribution in [-0.2, 0) is 4.79 Å². The van der Waals surface area contributed by atoms with Crippen molar-refractivity contribution in [3.05, 3.63) is 53.3 Å². The Hall–Kier alpha value is -2.31. The molecule has 1 aliphatic heterocycles. The summed E-state index contributed by atoms with van der Waals surface area (Å²) in [6, 6.07) is 12.0. The van der Waals surface area contributed by atoms with Gasteiger partial charge in [-0.2, -0.15) is 0 Å². The lowest BCUT2D eigenvalue weighted by Gasteiger charge is -2.34. The van der Waals surface area contributed by atoms with Gasteiger partial charge in [0.2, 0.25) is 0 Å². The molecule has 144 valence electrons. The summed E-state index contributed by atoms with van der Waals surface area (Å²) < 4.78 is 18.8. The molecule has 5 nitrogen and oxygen atoms in total. The zero-order chi connectivity index (χ0) is 19.2. The van der Waals surface area contributed by atoms with Crippen LogP contribution >= 0.6 is 11.6 Å². The van der Waals surface area contributed by atoms with Crippen LogP contribution in [0.25, 0.3) is 0 Å². The fourth-order valence-electron chi connectivity index (χ4n) is 3.25. The molecule has 27 heavy (non-hydrogen) atoms. The third kappa shape index (κ3) is 5.11. The zero-order valence-corrected chi connectivity index (χ0v) is 16.1. The Morgan fingerprint density at radius 1 is 1.26 bits per heavy atom. The Morgan fingerprint density at radius 3 is 2.70 bits per heavy atom. The molecule has 0 aromatic heterocycles. The number of ether oxygens (including phenoxy) is 1. The van der Waals surface area contributed by atoms with Gasteiger partial charge in [-0.05, 0) is 37.3 Å². The summed E-state index contributed by atoms with van der Waals surface area (Å²) in [7, 11) is 0. The third-order valence-electron chi connectivity index (χ3n) is 4.59. The van der Waals surface area contributed by atoms with Crippen LogP contribution in [0.5, 0.6) is 5.75 Å². The van der Waals surface area contributed by atoms with Crippen molar-refractivity contribution < 1.29 is 18.8 Å². The fourth-order valence-corrected chi connectivity index (χ4v) is 3.46. The summed E-state index contributed by atoms with van der Waals surface area (Å²) in [6.45, 7) is 6.37. The molecule has 7 heteroatoms. The molecule has 2 N–H and O–H groups in total. The topological polar surface area (TPSA) is 46.0 Å². The molecule has 0 saturated carbocycles. The highest BCUT2D eigenvalue weighted by molar-refractivity contribution is 6.33. The molecule has 0 unspecified atom stereocenters. The number of para-hydroxylation sites is 2. The first-order valence-electron chi connectivity index (χ1n) is 9.12. The van der Waals surface area contributed by atoms with E-state index in [1.54, 1.807) is 0 Å². The normalized spacial score (nSPS) is 14.9. The molecule has 1 amide bonds. The van der Waals surface area contributed by atoms with Gasteiger partial charge in [0.25, 0.3) is 5.91 Å². The molecule has 1 fully saturated rings. The highest BCUT2D eigenvalue weighted by Crippen LogP contribution is 2.27. The van der Waals surface area contributed by atoms with E-state index in [2.05, 4.69) is 16.3 Å². The van der Waals surface area contributed by atoms with Gasteiger partial charge in [0.1, 0.15) is 11.6 Å². The molecule has 0 bridgehead atoms. The molecule has 1 saturated heterocycles. The van der Waals surface area contributed by atoms with Crippen molar-refractivity contribution >= 4 is 28.9 Å². The van der Waals surface area contributed by atoms with E-state index in [1.807, 2.05) is 25.1 Å². The van der Waals surface area contributed by atoms with E-state index in [0.29, 0.717) is 18.8 Å². The van der Waals surface area contributed by atoms with Crippen molar-refractivity contribution in [2.24, 2.45) is 0 Å². The van der Waals surface area contributed by atoms with Crippen LogP contribution in [0, 0.1) is 5.82 Å². The Kier molecular flexibility index (Phi) is 6.53. The van der Waals surface area contributed by atoms with E-state index in [1.165, 1.54) is 23.1 Å². The first kappa shape index (κ1) is 19.5. The number of carbonyl (C=O) groups is 1. The number of carbonyl (C=O) groups excluding carboxylic acids is 1. The Labute approximate surface area is 163 Å². The SMILES string of the molecule is CCOc1ccccc1N1CC[NH+](CC(=O)Nc2ccc(F)cc2Cl)CC1. The molecular formula is C20H24ClFN3O2+. The molecule has 3 rings (SSSR count). The number of benzene rings is 2. The quantitative estimate of drug-likeness (QED) is 0.792. The third-order valence-corrected chi connectivity index (χ3v) is 4.90. The van der Waals surface area contributed by atoms with E-state index < -0.39 is 5.82 Å². The van der Waals surface area contributed by atoms with Gasteiger partial charge >= 0.3 is 0 Å². The fraction of sp³-hybridized carbons (Fsp3) is 0.350. The van der Waals surface area contributed by atoms with Gasteiger partial charge in [-0.25, -0.2) is 4.39 Å². The van der Waals surface area contributed by atoms with Crippen molar-refractivity contribution in [2.75, 3.05) is 49.5 Å². The summed E-state index contributed by atoms with van der Waals surface area (Å²) in [6.07, 6.45) is 0. The number of nitrogens with zero attached hydrogens (tertiary/aromatic N) is 1. The van der Waals surface area contributed by atoms with Crippen LogP contribution in [0.2, 0.25) is 5.02 Å². The number of quaternary nitrogens is 1. The monoisotopic (exact) mass is 392 g/mol. The van der Waals surface area contributed by atoms with Crippen molar-refractivity contribution in [3.63, 3.8) is 0 Å². The predicted molar refractivity (Wildman–Crippen MR) is 105 cm³/mol. The second-order valence-electron chi connectivity index (χ2n) is 6.49. The number of rotatable bonds is 6. The van der Waals surface area contributed by atoms with Gasteiger partial charge in [0.05, 0.1) is 49.2 Å². The van der Waals surface area contributed by atoms with Crippen LogP contribution in [0.1, 0.15) is 6.92 Å². The largest absolute Gasteiger partial charge is 0.492 e. The minimum absolute atomic E-state index is 0.123. The van der Waals surface area contributed by atoms with Crippen LogP contribution in [0.4, 0.5) is 15.8 Å². The van der Waals surface area contributed by atoms with Crippen LogP contribution < -0.4 is 19.9 Å². The number of hydrogen-bond acceptors (Lipinski definition) is 3. The number of nitrogens with one attached hydrogen (secondary N) is 2. The number of hydrogen-bond donors (Lipinski definition) is 2. The number of halogens is 2. The van der Waals surface area contributed by atoms with E-state index in [-0.39, 0.29) is 10.9 Å². The summed E-state index contributed by atoms with van der Waals surface area (Å²) in [5.74, 6) is 0.348. The second kappa shape index (κ2) is 9.06. The highest BCUT2D eigenvalue weighted by atomic mass is 35.5. The van der Waals surface area contributed by atoms with E-state index >= 15 is 0 Å². The maximum Gasteiger partial charge on any atom is 0.279 e. The smallest absolute Gasteiger partial charge is 0.279 e. The standard InChI is InChI=1S/C20H23ClFN3O2/c1-2-27-19-6-4-3-5-18(19)25-11-9-24(10-12-25)14-20(26)23-17-8-7-15(22)13-16(17)21/h3-8,13H,2,9-12,14H2,1H3,(H,23,26)/p+1. The minimum atomic E-state index is -0.424. The van der Waals surface area contributed by atoms with Gasteiger partial charge in [-0.1, -0.05) is 23.7 Å². The van der Waals surface area contributed by atoms with Gasteiger partial charge in [0.15, 0.2) is 6.54 Å². The van der Waals surface area contributed by atoms with Crippen molar-refractivity contribution in [2.45, 2.75) is 6.92 Å². The maximum atomic E-state index is 13.1. The molecule has 2 aromatic rings. The Bertz CT molecular complexity index is 795. The molecule has 0 aliphatic carbocycles. The Morgan fingerprint density at radius 2 is 2.00 bits per heavy atom. The molecular weight excluding hydrogens is 369 g/mol. The number of anilines is 2. The lowest BCUT2D eigenvalue weighted by atomic mass is 10.2. The van der Waals surface area contributed by atoms with Crippen molar-refractivity contribution in [1.29, 1.82) is 0 Å². The first-order valence-corrected chi connectivity index (χ1v) is 9.50. The van der Waals surface area contributed by atoms with Gasteiger partial charge in [-0.3, -0.25) is 4.79 Å². The van der Waals surface area contributed by atoms with Crippen LogP contribution in [-0.4, -0.2) is 45.2 Å². The van der Waals surface area contributed by atoms with Gasteiger partial charge in [-0.15, -0.1) is 0 Å². The predicted octanol–water partition coefficient (Wildman–Crippen LogP) is 2.22. The van der Waals surface area contributed by atoms with Crippen LogP contribution in [0.3, 0.4) is 0 Å². The molecule has 0 atom stereocenters. The lowest BCUT2D eigenvalue weighted by Crippen LogP contribution is -3.15. The molecule has 0 spiro atoms. The van der Waals surface area contributed by atoms with E-state index in [0.717, 1.165) is 37.6 Å². The minimum Gasteiger partial charge on any atom is -0.492 e. The Balaban J connectivity index is 1.53. The molecule has 1 aliphatic rings. The van der Waals surface area contributed by atoms with E-state index in [9.17, 15) is 9.18 Å². The maximum absolute atomic E-state index is 13.1. The number of piperazine rings is 1. The molecule has 0 radical (unpaired) electrons. The average molecular weight is 393 g/mol.